The summed E-state index contributed by atoms with van der Waals surface area (Å²) in [5.41, 5.74) is 2.69. The number of aryl methyl sites for hydroxylation is 1. The Morgan fingerprint density at radius 2 is 1.85 bits per heavy atom. The van der Waals surface area contributed by atoms with Gasteiger partial charge < -0.3 is 14.4 Å². The first-order valence-corrected chi connectivity index (χ1v) is 13.6. The molecule has 40 heavy (non-hydrogen) atoms. The van der Waals surface area contributed by atoms with Gasteiger partial charge in [-0.3, -0.25) is 9.48 Å². The molecule has 0 spiro atoms. The predicted molar refractivity (Wildman–Crippen MR) is 148 cm³/mol. The minimum absolute atomic E-state index is 0.0439. The Hall–Kier alpha value is -3.86. The second-order valence-corrected chi connectivity index (χ2v) is 11.2. The fourth-order valence-electron chi connectivity index (χ4n) is 5.10. The van der Waals surface area contributed by atoms with Crippen molar-refractivity contribution in [3.05, 3.63) is 59.1 Å². The van der Waals surface area contributed by atoms with Crippen molar-refractivity contribution in [3.63, 3.8) is 0 Å². The van der Waals surface area contributed by atoms with Crippen molar-refractivity contribution in [1.29, 1.82) is 0 Å². The van der Waals surface area contributed by atoms with E-state index in [1.165, 1.54) is 6.20 Å². The molecule has 4 aromatic rings. The van der Waals surface area contributed by atoms with Crippen LogP contribution in [0.15, 0.2) is 42.9 Å². The first-order chi connectivity index (χ1) is 19.0. The average Bonchev–Trinajstić information content (AvgIpc) is 3.55. The molecule has 1 aliphatic carbocycles. The van der Waals surface area contributed by atoms with Crippen LogP contribution in [0.5, 0.6) is 0 Å². The van der Waals surface area contributed by atoms with Crippen LogP contribution in [0.25, 0.3) is 22.9 Å². The van der Waals surface area contributed by atoms with Crippen molar-refractivity contribution in [2.75, 3.05) is 16.3 Å². The van der Waals surface area contributed by atoms with Crippen LogP contribution in [0, 0.1) is 0 Å². The van der Waals surface area contributed by atoms with Crippen LogP contribution < -0.4 is 9.80 Å². The number of nitrogens with zero attached hydrogens (tertiary/aromatic N) is 8. The molecular weight excluding hydrogens is 538 g/mol. The molecule has 1 saturated carbocycles. The van der Waals surface area contributed by atoms with E-state index in [9.17, 15) is 13.6 Å². The van der Waals surface area contributed by atoms with Gasteiger partial charge in [0.15, 0.2) is 11.6 Å². The molecule has 12 heteroatoms. The number of alkyl halides is 2. The van der Waals surface area contributed by atoms with Gasteiger partial charge in [0.25, 0.3) is 5.92 Å². The van der Waals surface area contributed by atoms with Gasteiger partial charge in [-0.2, -0.15) is 13.9 Å². The van der Waals surface area contributed by atoms with Gasteiger partial charge in [-0.25, -0.2) is 15.0 Å². The van der Waals surface area contributed by atoms with E-state index in [1.54, 1.807) is 28.9 Å². The van der Waals surface area contributed by atoms with Crippen LogP contribution >= 0.6 is 11.6 Å². The van der Waals surface area contributed by atoms with E-state index < -0.39 is 5.92 Å². The third kappa shape index (κ3) is 4.72. The van der Waals surface area contributed by atoms with Crippen LogP contribution in [0.4, 0.5) is 20.3 Å². The quantitative estimate of drug-likeness (QED) is 0.289. The molecule has 3 aromatic heterocycles. The maximum atomic E-state index is 13.8. The van der Waals surface area contributed by atoms with Crippen LogP contribution in [0.2, 0.25) is 5.02 Å². The van der Waals surface area contributed by atoms with Gasteiger partial charge in [-0.1, -0.05) is 35.9 Å². The van der Waals surface area contributed by atoms with E-state index in [2.05, 4.69) is 15.1 Å². The molecule has 9 nitrogen and oxygen atoms in total. The van der Waals surface area contributed by atoms with Gasteiger partial charge in [-0.05, 0) is 32.3 Å². The van der Waals surface area contributed by atoms with E-state index in [4.69, 9.17) is 16.6 Å². The topological polar surface area (TPSA) is 85.0 Å². The van der Waals surface area contributed by atoms with Gasteiger partial charge in [0.05, 0.1) is 30.0 Å². The SMILES string of the molecule is CC(C)N1C(=O)CN(Cc2ccc(-c3nc(C(C)(F)F)cn3C)cc2)c2nc(-c3c(Cl)cnn3C3CC3)ncc21. The molecule has 2 aliphatic rings. The first kappa shape index (κ1) is 26.4. The Morgan fingerprint density at radius 1 is 1.12 bits per heavy atom. The fraction of sp³-hybridized carbons (Fsp3) is 0.393. The summed E-state index contributed by atoms with van der Waals surface area (Å²) in [4.78, 5) is 30.5. The highest BCUT2D eigenvalue weighted by Crippen LogP contribution is 2.41. The van der Waals surface area contributed by atoms with Gasteiger partial charge in [0.1, 0.15) is 22.9 Å². The van der Waals surface area contributed by atoms with Crippen molar-refractivity contribution in [3.8, 4) is 22.9 Å². The lowest BCUT2D eigenvalue weighted by Gasteiger charge is -2.38. The number of amides is 1. The molecule has 1 aliphatic heterocycles. The molecule has 0 N–H and O–H groups in total. The zero-order valence-corrected chi connectivity index (χ0v) is 23.4. The third-order valence-electron chi connectivity index (χ3n) is 7.19. The molecule has 0 bridgehead atoms. The van der Waals surface area contributed by atoms with Crippen molar-refractivity contribution in [2.45, 2.75) is 58.2 Å². The Kier molecular flexibility index (Phi) is 6.36. The highest BCUT2D eigenvalue weighted by atomic mass is 35.5. The number of halogens is 3. The van der Waals surface area contributed by atoms with Crippen LogP contribution in [0.3, 0.4) is 0 Å². The Bertz CT molecular complexity index is 1590. The lowest BCUT2D eigenvalue weighted by Crippen LogP contribution is -2.49. The standard InChI is InChI=1S/C28H29ClF2N8O/c1-16(2)38-21-12-32-25(24-20(29)11-33-39(24)19-9-10-19)35-27(21)37(15-23(38)40)13-17-5-7-18(8-6-17)26-34-22(14-36(26)4)28(3,30)31/h5-8,11-12,14,16,19H,9-10,13,15H2,1-4H3. The molecule has 4 heterocycles. The van der Waals surface area contributed by atoms with Gasteiger partial charge in [-0.15, -0.1) is 0 Å². The zero-order chi connectivity index (χ0) is 28.3. The van der Waals surface area contributed by atoms with Gasteiger partial charge in [0, 0.05) is 38.3 Å². The van der Waals surface area contributed by atoms with E-state index >= 15 is 0 Å². The molecule has 1 amide bonds. The predicted octanol–water partition coefficient (Wildman–Crippen LogP) is 5.60. The maximum absolute atomic E-state index is 13.8. The average molecular weight is 567 g/mol. The van der Waals surface area contributed by atoms with E-state index in [1.807, 2.05) is 47.7 Å². The Labute approximate surface area is 235 Å². The molecule has 0 unspecified atom stereocenters. The third-order valence-corrected chi connectivity index (χ3v) is 7.46. The summed E-state index contributed by atoms with van der Waals surface area (Å²) in [5, 5.41) is 4.93. The van der Waals surface area contributed by atoms with Crippen LogP contribution in [-0.2, 0) is 24.3 Å². The second-order valence-electron chi connectivity index (χ2n) is 10.8. The molecular formula is C28H29ClF2N8O. The van der Waals surface area contributed by atoms with Gasteiger partial charge in [0.2, 0.25) is 5.91 Å². The number of aromatic nitrogens is 6. The maximum Gasteiger partial charge on any atom is 0.288 e. The molecule has 1 fully saturated rings. The second kappa shape index (κ2) is 9.65. The van der Waals surface area contributed by atoms with Crippen molar-refractivity contribution in [2.24, 2.45) is 7.05 Å². The van der Waals surface area contributed by atoms with E-state index in [0.717, 1.165) is 30.9 Å². The fourth-order valence-corrected chi connectivity index (χ4v) is 5.32. The molecule has 0 radical (unpaired) electrons. The lowest BCUT2D eigenvalue weighted by atomic mass is 10.1. The number of hydrogen-bond donors (Lipinski definition) is 0. The Balaban J connectivity index is 1.33. The summed E-state index contributed by atoms with van der Waals surface area (Å²) >= 11 is 6.52. The summed E-state index contributed by atoms with van der Waals surface area (Å²) in [7, 11) is 1.70. The Morgan fingerprint density at radius 3 is 2.48 bits per heavy atom. The number of hydrogen-bond acceptors (Lipinski definition) is 6. The molecule has 208 valence electrons. The highest BCUT2D eigenvalue weighted by molar-refractivity contribution is 6.32. The summed E-state index contributed by atoms with van der Waals surface area (Å²) in [6.45, 7) is 5.31. The van der Waals surface area contributed by atoms with Crippen molar-refractivity contribution >= 4 is 29.0 Å². The number of fused-ring (bicyclic) bond motifs is 1. The summed E-state index contributed by atoms with van der Waals surface area (Å²) < 4.78 is 31.1. The van der Waals surface area contributed by atoms with Crippen LogP contribution in [-0.4, -0.2) is 47.8 Å². The number of imidazole rings is 1. The molecule has 0 saturated heterocycles. The van der Waals surface area contributed by atoms with Crippen molar-refractivity contribution < 1.29 is 13.6 Å². The van der Waals surface area contributed by atoms with Gasteiger partial charge >= 0.3 is 0 Å². The van der Waals surface area contributed by atoms with Crippen molar-refractivity contribution in [1.82, 2.24) is 29.3 Å². The minimum atomic E-state index is -3.02. The monoisotopic (exact) mass is 566 g/mol. The number of rotatable bonds is 7. The van der Waals surface area contributed by atoms with E-state index in [0.29, 0.717) is 46.5 Å². The minimum Gasteiger partial charge on any atom is -0.341 e. The number of carbonyl (C=O) groups excluding carboxylic acids is 1. The first-order valence-electron chi connectivity index (χ1n) is 13.2. The van der Waals surface area contributed by atoms with E-state index in [-0.39, 0.29) is 24.2 Å². The number of carbonyl (C=O) groups is 1. The lowest BCUT2D eigenvalue weighted by molar-refractivity contribution is -0.118. The zero-order valence-electron chi connectivity index (χ0n) is 22.6. The normalized spacial score (nSPS) is 15.8. The highest BCUT2D eigenvalue weighted by Gasteiger charge is 2.35. The molecule has 1 aromatic carbocycles. The summed E-state index contributed by atoms with van der Waals surface area (Å²) in [5.74, 6) is -1.51. The molecule has 6 rings (SSSR count). The van der Waals surface area contributed by atoms with Crippen LogP contribution in [0.1, 0.15) is 50.9 Å². The summed E-state index contributed by atoms with van der Waals surface area (Å²) in [6, 6.07) is 7.75. The largest absolute Gasteiger partial charge is 0.341 e. The number of anilines is 2. The summed E-state index contributed by atoms with van der Waals surface area (Å²) in [6.07, 6.45) is 6.72. The smallest absolute Gasteiger partial charge is 0.288 e. The number of benzene rings is 1. The molecule has 0 atom stereocenters.